The van der Waals surface area contributed by atoms with E-state index in [1.807, 2.05) is 127 Å². The summed E-state index contributed by atoms with van der Waals surface area (Å²) in [6.07, 6.45) is 4.77. The van der Waals surface area contributed by atoms with Gasteiger partial charge in [-0.15, -0.1) is 0 Å². The number of aliphatic hydroxyl groups excluding tert-OH is 1. The topological polar surface area (TPSA) is 81.8 Å². The molecule has 0 aliphatic carbocycles. The van der Waals surface area contributed by atoms with Crippen LogP contribution in [0.25, 0.3) is 0 Å². The molecule has 48 heavy (non-hydrogen) atoms. The number of benzene rings is 5. The van der Waals surface area contributed by atoms with Gasteiger partial charge in [-0.05, 0) is 96.1 Å². The maximum absolute atomic E-state index is 11.7. The molecule has 0 aliphatic heterocycles. The van der Waals surface area contributed by atoms with Crippen LogP contribution in [0.5, 0.6) is 28.7 Å². The van der Waals surface area contributed by atoms with Gasteiger partial charge in [0, 0.05) is 11.1 Å². The lowest BCUT2D eigenvalue weighted by Crippen LogP contribution is -2.22. The number of aliphatic imine (C=N–C) groups is 1. The predicted octanol–water partition coefficient (Wildman–Crippen LogP) is 8.19. The van der Waals surface area contributed by atoms with Gasteiger partial charge in [-0.1, -0.05) is 42.5 Å². The minimum Gasteiger partial charge on any atom is -0.497 e. The van der Waals surface area contributed by atoms with Crippen LogP contribution >= 0.6 is 0 Å². The number of ether oxygens (including phenoxy) is 5. The number of rotatable bonds is 14. The molecule has 0 amide bonds. The van der Waals surface area contributed by atoms with Gasteiger partial charge < -0.3 is 28.8 Å². The van der Waals surface area contributed by atoms with E-state index in [9.17, 15) is 5.11 Å². The second-order valence-corrected chi connectivity index (χ2v) is 10.7. The molecule has 0 spiro atoms. The van der Waals surface area contributed by atoms with E-state index in [1.54, 1.807) is 45.4 Å². The summed E-state index contributed by atoms with van der Waals surface area (Å²) in [6.45, 7) is 0. The van der Waals surface area contributed by atoms with E-state index in [0.717, 1.165) is 45.3 Å². The summed E-state index contributed by atoms with van der Waals surface area (Å²) in [5.74, 6) is 3.40. The molecule has 8 heteroatoms. The molecule has 0 heterocycles. The van der Waals surface area contributed by atoms with Gasteiger partial charge >= 0.3 is 5.88 Å². The van der Waals surface area contributed by atoms with E-state index in [-0.39, 0.29) is 11.9 Å². The Morgan fingerprint density at radius 2 is 0.938 bits per heavy atom. The van der Waals surface area contributed by atoms with Crippen molar-refractivity contribution in [2.75, 3.05) is 28.4 Å². The summed E-state index contributed by atoms with van der Waals surface area (Å²) >= 11 is 0. The number of hydrogen-bond donors (Lipinski definition) is 1. The zero-order valence-corrected chi connectivity index (χ0v) is 27.4. The SMILES string of the molecule is COc1ccc(C(N=C/C=[N+](\C(O)=C\Oc2ccccc2)C(c2ccc(OC)cc2)c2ccc(OC)cc2)c2ccc(OC)cc2)cc1. The Bertz CT molecular complexity index is 1720. The molecule has 0 radical (unpaired) electrons. The smallest absolute Gasteiger partial charge is 0.402 e. The molecule has 5 aromatic carbocycles. The molecule has 0 aromatic heterocycles. The first kappa shape index (κ1) is 33.3. The van der Waals surface area contributed by atoms with Gasteiger partial charge in [-0.3, -0.25) is 4.99 Å². The molecule has 0 fully saturated rings. The van der Waals surface area contributed by atoms with E-state index >= 15 is 0 Å². The monoisotopic (exact) mass is 643 g/mol. The summed E-state index contributed by atoms with van der Waals surface area (Å²) in [5, 5.41) is 11.7. The highest BCUT2D eigenvalue weighted by molar-refractivity contribution is 6.13. The Balaban J connectivity index is 1.63. The summed E-state index contributed by atoms with van der Waals surface area (Å²) in [6, 6.07) is 39.5. The standard InChI is InChI=1S/C40H38N2O6/c1-44-33-18-10-29(11-19-33)39(30-12-20-34(45-2)21-13-30)41-26-27-42(38(43)28-48-37-8-6-5-7-9-37)40(31-14-22-35(46-3)23-15-31)32-16-24-36(47-4)25-17-32/h5-28,39-40H,1-4H3/p+1/b38-28-,41-26?,42-27+. The third-order valence-electron chi connectivity index (χ3n) is 7.77. The minimum atomic E-state index is -0.482. The maximum atomic E-state index is 11.7. The zero-order chi connectivity index (χ0) is 33.7. The fraction of sp³-hybridized carbons (Fsp3) is 0.150. The lowest BCUT2D eigenvalue weighted by atomic mass is 9.97. The number of para-hydroxylation sites is 1. The molecule has 0 saturated heterocycles. The first-order valence-electron chi connectivity index (χ1n) is 15.3. The first-order chi connectivity index (χ1) is 23.5. The molecule has 5 rings (SSSR count). The molecule has 0 bridgehead atoms. The second-order valence-electron chi connectivity index (χ2n) is 10.7. The van der Waals surface area contributed by atoms with Gasteiger partial charge in [0.05, 0.1) is 34.7 Å². The van der Waals surface area contributed by atoms with E-state index in [2.05, 4.69) is 0 Å². The largest absolute Gasteiger partial charge is 0.497 e. The molecular weight excluding hydrogens is 604 g/mol. The van der Waals surface area contributed by atoms with Crippen molar-refractivity contribution in [1.82, 2.24) is 0 Å². The third-order valence-corrected chi connectivity index (χ3v) is 7.77. The summed E-state index contributed by atoms with van der Waals surface area (Å²) in [7, 11) is 6.54. The molecular formula is C40H39N2O6+. The number of hydrogen-bond acceptors (Lipinski definition) is 7. The molecule has 5 aromatic rings. The van der Waals surface area contributed by atoms with Crippen LogP contribution < -0.4 is 23.7 Å². The molecule has 244 valence electrons. The van der Waals surface area contributed by atoms with Crippen LogP contribution in [0.2, 0.25) is 0 Å². The molecule has 0 atom stereocenters. The van der Waals surface area contributed by atoms with Crippen LogP contribution in [-0.2, 0) is 0 Å². The number of nitrogens with zero attached hydrogens (tertiary/aromatic N) is 2. The quantitative estimate of drug-likeness (QED) is 0.0747. The highest BCUT2D eigenvalue weighted by Crippen LogP contribution is 2.32. The summed E-state index contributed by atoms with van der Waals surface area (Å²) in [4.78, 5) is 5.02. The Labute approximate surface area is 281 Å². The lowest BCUT2D eigenvalue weighted by Gasteiger charge is -2.17. The molecule has 0 unspecified atom stereocenters. The van der Waals surface area contributed by atoms with E-state index in [4.69, 9.17) is 28.7 Å². The van der Waals surface area contributed by atoms with Crippen LogP contribution in [0.1, 0.15) is 34.3 Å². The highest BCUT2D eigenvalue weighted by atomic mass is 16.5. The Hall–Kier alpha value is -6.02. The fourth-order valence-corrected chi connectivity index (χ4v) is 5.19. The molecule has 0 saturated carbocycles. The van der Waals surface area contributed by atoms with Crippen molar-refractivity contribution >= 4 is 12.4 Å². The average Bonchev–Trinajstić information content (AvgIpc) is 3.16. The van der Waals surface area contributed by atoms with Crippen LogP contribution in [0.15, 0.2) is 145 Å². The first-order valence-corrected chi connectivity index (χ1v) is 15.3. The van der Waals surface area contributed by atoms with Gasteiger partial charge in [-0.25, -0.2) is 0 Å². The average molecular weight is 644 g/mol. The summed E-state index contributed by atoms with van der Waals surface area (Å²) in [5.41, 5.74) is 3.72. The van der Waals surface area contributed by atoms with E-state index in [1.165, 1.54) is 6.26 Å². The Morgan fingerprint density at radius 1 is 0.542 bits per heavy atom. The maximum Gasteiger partial charge on any atom is 0.402 e. The predicted molar refractivity (Wildman–Crippen MR) is 188 cm³/mol. The second kappa shape index (κ2) is 16.5. The van der Waals surface area contributed by atoms with Crippen LogP contribution in [0.3, 0.4) is 0 Å². The Morgan fingerprint density at radius 3 is 1.33 bits per heavy atom. The van der Waals surface area contributed by atoms with Gasteiger partial charge in [-0.2, -0.15) is 4.58 Å². The number of methoxy groups -OCH3 is 4. The zero-order valence-electron chi connectivity index (χ0n) is 27.4. The van der Waals surface area contributed by atoms with Crippen molar-refractivity contribution in [1.29, 1.82) is 0 Å². The van der Waals surface area contributed by atoms with Gasteiger partial charge in [0.1, 0.15) is 34.8 Å². The normalized spacial score (nSPS) is 12.0. The molecule has 8 nitrogen and oxygen atoms in total. The van der Waals surface area contributed by atoms with Crippen molar-refractivity contribution in [2.24, 2.45) is 4.99 Å². The van der Waals surface area contributed by atoms with Crippen molar-refractivity contribution in [3.63, 3.8) is 0 Å². The fourth-order valence-electron chi connectivity index (χ4n) is 5.19. The van der Waals surface area contributed by atoms with Crippen molar-refractivity contribution in [3.8, 4) is 28.7 Å². The van der Waals surface area contributed by atoms with Gasteiger partial charge in [0.15, 0.2) is 6.21 Å². The van der Waals surface area contributed by atoms with Crippen LogP contribution in [0, 0.1) is 0 Å². The lowest BCUT2D eigenvalue weighted by molar-refractivity contribution is -0.536. The third kappa shape index (κ3) is 8.41. The molecule has 1 N–H and O–H groups in total. The van der Waals surface area contributed by atoms with Gasteiger partial charge in [0.25, 0.3) is 0 Å². The highest BCUT2D eigenvalue weighted by Gasteiger charge is 2.30. The van der Waals surface area contributed by atoms with Crippen LogP contribution in [0.4, 0.5) is 0 Å². The van der Waals surface area contributed by atoms with Crippen LogP contribution in [-0.4, -0.2) is 50.6 Å². The molecule has 0 aliphatic rings. The van der Waals surface area contributed by atoms with E-state index < -0.39 is 6.04 Å². The van der Waals surface area contributed by atoms with Crippen molar-refractivity contribution in [2.45, 2.75) is 12.1 Å². The van der Waals surface area contributed by atoms with Gasteiger partial charge in [0.2, 0.25) is 12.3 Å². The summed E-state index contributed by atoms with van der Waals surface area (Å²) < 4.78 is 29.2. The number of aliphatic hydroxyl groups is 1. The minimum absolute atomic E-state index is 0.132. The Kier molecular flexibility index (Phi) is 11.5. The van der Waals surface area contributed by atoms with Crippen molar-refractivity contribution < 1.29 is 33.4 Å². The van der Waals surface area contributed by atoms with E-state index in [0.29, 0.717) is 5.75 Å². The van der Waals surface area contributed by atoms with Crippen molar-refractivity contribution in [3.05, 3.63) is 162 Å².